The lowest BCUT2D eigenvalue weighted by molar-refractivity contribution is 0.669. The lowest BCUT2D eigenvalue weighted by atomic mass is 10.0. The maximum absolute atomic E-state index is 6.39. The molecule has 0 bridgehead atoms. The molecule has 0 atom stereocenters. The number of para-hydroxylation sites is 3. The van der Waals surface area contributed by atoms with Crippen LogP contribution in [0.15, 0.2) is 199 Å². The third kappa shape index (κ3) is 6.05. The highest BCUT2D eigenvalue weighted by Crippen LogP contribution is 2.40. The van der Waals surface area contributed by atoms with E-state index in [2.05, 4.69) is 143 Å². The van der Waals surface area contributed by atoms with E-state index in [1.54, 1.807) is 0 Å². The Hall–Kier alpha value is -8.68. The van der Waals surface area contributed by atoms with Gasteiger partial charge in [-0.3, -0.25) is 9.97 Å². The minimum atomic E-state index is 0.536. The van der Waals surface area contributed by atoms with Crippen molar-refractivity contribution >= 4 is 72.9 Å². The first-order chi connectivity index (χ1) is 31.6. The number of nitrogens with zero attached hydrogens (tertiary/aromatic N) is 6. The fraction of sp³-hybridized carbons (Fsp3) is 0.0175. The number of rotatable bonds is 7. The minimum absolute atomic E-state index is 0.536. The first kappa shape index (κ1) is 37.1. The van der Waals surface area contributed by atoms with Crippen LogP contribution < -0.4 is 10.6 Å². The monoisotopic (exact) mass is 822 g/mol. The van der Waals surface area contributed by atoms with Crippen LogP contribution in [0.1, 0.15) is 12.6 Å². The Kier molecular flexibility index (Phi) is 8.72. The molecule has 6 aromatic carbocycles. The molecular weight excluding hydrogens is 785 g/mol. The van der Waals surface area contributed by atoms with Crippen LogP contribution in [0.2, 0.25) is 0 Å². The van der Waals surface area contributed by atoms with E-state index < -0.39 is 0 Å². The van der Waals surface area contributed by atoms with Crippen molar-refractivity contribution in [2.45, 2.75) is 6.92 Å². The molecule has 12 rings (SSSR count). The quantitative estimate of drug-likeness (QED) is 0.160. The Morgan fingerprint density at radius 1 is 0.531 bits per heavy atom. The van der Waals surface area contributed by atoms with E-state index in [0.29, 0.717) is 11.5 Å². The lowest BCUT2D eigenvalue weighted by Gasteiger charge is -2.10. The molecule has 7 nitrogen and oxygen atoms in total. The maximum Gasteiger partial charge on any atom is 0.180 e. The van der Waals surface area contributed by atoms with Gasteiger partial charge in [0.15, 0.2) is 5.82 Å². The molecule has 302 valence electrons. The Balaban J connectivity index is 1.12. The second-order valence-electron chi connectivity index (χ2n) is 16.0. The summed E-state index contributed by atoms with van der Waals surface area (Å²) in [4.78, 5) is 20.7. The highest BCUT2D eigenvalue weighted by Gasteiger charge is 2.23. The van der Waals surface area contributed by atoms with E-state index in [1.807, 2.05) is 73.1 Å². The first-order valence-electron chi connectivity index (χ1n) is 21.3. The standard InChI is InChI=1S/C57H38N6O/c1-36(27-28-47-37(2)43-33-44-42-25-15-16-26-51(42)64-52(44)35-50(43)62(47)40-21-11-5-12-22-40)55-53-48(29-31-58-55)63(41-23-13-6-14-24-41)49-30-32-59-56(54(49)53)57-60-45(38-17-7-3-8-18-38)34-46(61-57)39-19-9-4-10-20-39/h3-35H,2H2,1H3/b36-27+,47-28+. The molecule has 0 unspecified atom stereocenters. The molecule has 0 saturated heterocycles. The number of allylic oxidation sites excluding steroid dienone is 2. The predicted octanol–water partition coefficient (Wildman–Crippen LogP) is 12.5. The van der Waals surface area contributed by atoms with Crippen molar-refractivity contribution in [3.8, 4) is 45.4 Å². The van der Waals surface area contributed by atoms with Gasteiger partial charge in [-0.1, -0.05) is 128 Å². The summed E-state index contributed by atoms with van der Waals surface area (Å²) in [6, 6.07) is 60.1. The minimum Gasteiger partial charge on any atom is -0.456 e. The van der Waals surface area contributed by atoms with Gasteiger partial charge in [0.25, 0.3) is 0 Å². The van der Waals surface area contributed by atoms with Crippen LogP contribution in [-0.2, 0) is 0 Å². The smallest absolute Gasteiger partial charge is 0.180 e. The third-order valence-electron chi connectivity index (χ3n) is 12.2. The van der Waals surface area contributed by atoms with Crippen LogP contribution in [0.3, 0.4) is 0 Å². The molecule has 0 amide bonds. The first-order valence-corrected chi connectivity index (χ1v) is 21.3. The van der Waals surface area contributed by atoms with Crippen molar-refractivity contribution in [2.24, 2.45) is 0 Å². The van der Waals surface area contributed by atoms with Crippen molar-refractivity contribution in [1.82, 2.24) is 29.1 Å². The zero-order valence-electron chi connectivity index (χ0n) is 34.9. The maximum atomic E-state index is 6.39. The number of fused-ring (bicyclic) bond motifs is 7. The zero-order valence-corrected chi connectivity index (χ0v) is 34.9. The van der Waals surface area contributed by atoms with Crippen LogP contribution in [-0.4, -0.2) is 29.1 Å². The molecule has 12 aromatic rings. The second kappa shape index (κ2) is 15.0. The van der Waals surface area contributed by atoms with Crippen molar-refractivity contribution < 1.29 is 4.42 Å². The van der Waals surface area contributed by atoms with Crippen LogP contribution in [0.4, 0.5) is 0 Å². The summed E-state index contributed by atoms with van der Waals surface area (Å²) in [5.74, 6) is 0.536. The van der Waals surface area contributed by atoms with Crippen molar-refractivity contribution in [3.05, 3.63) is 211 Å². The third-order valence-corrected chi connectivity index (χ3v) is 12.2. The van der Waals surface area contributed by atoms with E-state index >= 15 is 0 Å². The van der Waals surface area contributed by atoms with E-state index in [-0.39, 0.29) is 0 Å². The summed E-state index contributed by atoms with van der Waals surface area (Å²) < 4.78 is 10.9. The molecule has 0 aliphatic rings. The number of aromatic nitrogens is 6. The van der Waals surface area contributed by atoms with Gasteiger partial charge in [0.1, 0.15) is 16.9 Å². The largest absolute Gasteiger partial charge is 0.456 e. The molecule has 0 radical (unpaired) electrons. The van der Waals surface area contributed by atoms with Gasteiger partial charge < -0.3 is 13.6 Å². The molecule has 0 fully saturated rings. The van der Waals surface area contributed by atoms with Gasteiger partial charge in [0.2, 0.25) is 0 Å². The lowest BCUT2D eigenvalue weighted by Crippen LogP contribution is -2.27. The zero-order chi connectivity index (χ0) is 42.7. The fourth-order valence-electron chi connectivity index (χ4n) is 9.19. The van der Waals surface area contributed by atoms with Crippen molar-refractivity contribution in [3.63, 3.8) is 0 Å². The van der Waals surface area contributed by atoms with Crippen LogP contribution in [0.5, 0.6) is 0 Å². The van der Waals surface area contributed by atoms with Gasteiger partial charge in [-0.15, -0.1) is 0 Å². The van der Waals surface area contributed by atoms with Gasteiger partial charge in [-0.2, -0.15) is 0 Å². The van der Waals surface area contributed by atoms with Crippen molar-refractivity contribution in [2.75, 3.05) is 0 Å². The van der Waals surface area contributed by atoms with Crippen molar-refractivity contribution in [1.29, 1.82) is 0 Å². The van der Waals surface area contributed by atoms with Crippen LogP contribution in [0, 0.1) is 0 Å². The number of benzene rings is 6. The Bertz CT molecular complexity index is 3850. The average Bonchev–Trinajstić information content (AvgIpc) is 3.99. The summed E-state index contributed by atoms with van der Waals surface area (Å²) in [5, 5.41) is 7.01. The summed E-state index contributed by atoms with van der Waals surface area (Å²) >= 11 is 0. The Morgan fingerprint density at radius 3 is 1.78 bits per heavy atom. The van der Waals surface area contributed by atoms with Crippen LogP contribution in [0.25, 0.3) is 118 Å². The highest BCUT2D eigenvalue weighted by atomic mass is 16.3. The highest BCUT2D eigenvalue weighted by molar-refractivity contribution is 6.17. The molecule has 6 heterocycles. The van der Waals surface area contributed by atoms with Crippen LogP contribution >= 0.6 is 0 Å². The second-order valence-corrected chi connectivity index (χ2v) is 16.0. The van der Waals surface area contributed by atoms with E-state index in [1.165, 1.54) is 0 Å². The Labute approximate surface area is 367 Å². The van der Waals surface area contributed by atoms with Gasteiger partial charge >= 0.3 is 0 Å². The molecular formula is C57H38N6O. The molecule has 0 spiro atoms. The molecule has 7 heteroatoms. The van der Waals surface area contributed by atoms with Gasteiger partial charge in [-0.25, -0.2) is 9.97 Å². The van der Waals surface area contributed by atoms with E-state index in [9.17, 15) is 0 Å². The number of furan rings is 1. The number of hydrogen-bond donors (Lipinski definition) is 0. The van der Waals surface area contributed by atoms with Gasteiger partial charge in [-0.05, 0) is 73.2 Å². The summed E-state index contributed by atoms with van der Waals surface area (Å²) in [6.45, 7) is 6.82. The summed E-state index contributed by atoms with van der Waals surface area (Å²) in [5.41, 5.74) is 12.9. The van der Waals surface area contributed by atoms with E-state index in [4.69, 9.17) is 30.9 Å². The van der Waals surface area contributed by atoms with Gasteiger partial charge in [0, 0.05) is 73.1 Å². The van der Waals surface area contributed by atoms with Gasteiger partial charge in [0.05, 0.1) is 39.0 Å². The molecule has 0 aliphatic carbocycles. The van der Waals surface area contributed by atoms with E-state index in [0.717, 1.165) is 110 Å². The summed E-state index contributed by atoms with van der Waals surface area (Å²) in [7, 11) is 0. The molecule has 0 saturated carbocycles. The normalized spacial score (nSPS) is 12.4. The number of pyridine rings is 2. The Morgan fingerprint density at radius 2 is 1.11 bits per heavy atom. The summed E-state index contributed by atoms with van der Waals surface area (Å²) in [6.07, 6.45) is 8.08. The number of hydrogen-bond acceptors (Lipinski definition) is 5. The molecule has 0 aliphatic heterocycles. The molecule has 6 aromatic heterocycles. The average molecular weight is 823 g/mol. The molecule has 64 heavy (non-hydrogen) atoms. The topological polar surface area (TPSA) is 74.6 Å². The molecule has 0 N–H and O–H groups in total. The predicted molar refractivity (Wildman–Crippen MR) is 262 cm³/mol. The fourth-order valence-corrected chi connectivity index (χ4v) is 9.19. The SMILES string of the molecule is C=c1/c(=C\C=C(/C)c2nccc3c2c2c(-c4nc(-c5ccccc5)cc(-c5ccccc5)n4)nccc2n3-c2ccccc2)n(-c2ccccc2)c2cc3oc4ccccc4c3cc12.